The minimum atomic E-state index is 0.628. The van der Waals surface area contributed by atoms with E-state index in [2.05, 4.69) is 10.2 Å². The van der Waals surface area contributed by atoms with Crippen molar-refractivity contribution < 1.29 is 4.74 Å². The van der Waals surface area contributed by atoms with Crippen molar-refractivity contribution in [2.24, 2.45) is 0 Å². The molecular formula is C9H17N2O. The van der Waals surface area contributed by atoms with Gasteiger partial charge in [-0.25, -0.2) is 5.32 Å². The molecule has 69 valence electrons. The Kier molecular flexibility index (Phi) is 2.98. The Morgan fingerprint density at radius 2 is 2.17 bits per heavy atom. The third-order valence-electron chi connectivity index (χ3n) is 2.66. The smallest absolute Gasteiger partial charge is 0.0594 e. The van der Waals surface area contributed by atoms with Crippen LogP contribution in [0.4, 0.5) is 0 Å². The highest BCUT2D eigenvalue weighted by Crippen LogP contribution is 2.09. The monoisotopic (exact) mass is 169 g/mol. The van der Waals surface area contributed by atoms with Crippen LogP contribution >= 0.6 is 0 Å². The molecule has 0 amide bonds. The summed E-state index contributed by atoms with van der Waals surface area (Å²) in [4.78, 5) is 2.48. The molecule has 2 fully saturated rings. The molecule has 3 nitrogen and oxygen atoms in total. The zero-order valence-electron chi connectivity index (χ0n) is 7.54. The highest BCUT2D eigenvalue weighted by atomic mass is 16.5. The number of morpholine rings is 1. The predicted octanol–water partition coefficient (Wildman–Crippen LogP) is 0.0854. The first-order valence-corrected chi connectivity index (χ1v) is 4.92. The first kappa shape index (κ1) is 8.48. The maximum atomic E-state index is 5.29. The van der Waals surface area contributed by atoms with Crippen molar-refractivity contribution in [1.82, 2.24) is 10.2 Å². The molecule has 0 aromatic heterocycles. The molecule has 2 aliphatic rings. The molecule has 2 aliphatic heterocycles. The Bertz CT molecular complexity index is 128. The van der Waals surface area contributed by atoms with Crippen LogP contribution in [0.25, 0.3) is 0 Å². The van der Waals surface area contributed by atoms with Crippen molar-refractivity contribution in [3.63, 3.8) is 0 Å². The molecule has 2 heterocycles. The van der Waals surface area contributed by atoms with Crippen molar-refractivity contribution in [1.29, 1.82) is 0 Å². The van der Waals surface area contributed by atoms with Crippen LogP contribution in [0, 0.1) is 0 Å². The summed E-state index contributed by atoms with van der Waals surface area (Å²) in [6.07, 6.45) is 2.60. The minimum absolute atomic E-state index is 0.628. The Morgan fingerprint density at radius 3 is 2.83 bits per heavy atom. The summed E-state index contributed by atoms with van der Waals surface area (Å²) in [7, 11) is 0. The Labute approximate surface area is 74.1 Å². The number of ether oxygens (including phenoxy) is 1. The van der Waals surface area contributed by atoms with Gasteiger partial charge in [0.1, 0.15) is 0 Å². The SMILES string of the molecule is C1C[N]C(CN2CCOCC2)C1. The minimum Gasteiger partial charge on any atom is -0.379 e. The summed E-state index contributed by atoms with van der Waals surface area (Å²) < 4.78 is 5.29. The molecule has 3 heteroatoms. The predicted molar refractivity (Wildman–Crippen MR) is 47.3 cm³/mol. The first-order chi connectivity index (χ1) is 5.95. The van der Waals surface area contributed by atoms with Gasteiger partial charge in [0, 0.05) is 32.2 Å². The van der Waals surface area contributed by atoms with Gasteiger partial charge < -0.3 is 4.74 Å². The lowest BCUT2D eigenvalue weighted by molar-refractivity contribution is 0.0343. The van der Waals surface area contributed by atoms with Crippen LogP contribution in [0.2, 0.25) is 0 Å². The molecular weight excluding hydrogens is 152 g/mol. The van der Waals surface area contributed by atoms with Gasteiger partial charge in [0.05, 0.1) is 13.2 Å². The molecule has 2 rings (SSSR count). The zero-order valence-corrected chi connectivity index (χ0v) is 7.54. The lowest BCUT2D eigenvalue weighted by atomic mass is 10.2. The highest BCUT2D eigenvalue weighted by Gasteiger charge is 2.20. The molecule has 1 unspecified atom stereocenters. The topological polar surface area (TPSA) is 26.6 Å². The van der Waals surface area contributed by atoms with Crippen LogP contribution in [0.15, 0.2) is 0 Å². The van der Waals surface area contributed by atoms with Crippen LogP contribution in [0.5, 0.6) is 0 Å². The second-order valence-electron chi connectivity index (χ2n) is 3.62. The van der Waals surface area contributed by atoms with Crippen LogP contribution in [-0.2, 0) is 4.74 Å². The van der Waals surface area contributed by atoms with Gasteiger partial charge in [0.25, 0.3) is 0 Å². The average molecular weight is 169 g/mol. The number of nitrogens with zero attached hydrogens (tertiary/aromatic N) is 2. The number of hydrogen-bond donors (Lipinski definition) is 0. The maximum Gasteiger partial charge on any atom is 0.0594 e. The molecule has 0 aromatic carbocycles. The maximum absolute atomic E-state index is 5.29. The van der Waals surface area contributed by atoms with Crippen LogP contribution in [0.3, 0.4) is 0 Å². The van der Waals surface area contributed by atoms with Gasteiger partial charge >= 0.3 is 0 Å². The fraction of sp³-hybridized carbons (Fsp3) is 1.00. The summed E-state index contributed by atoms with van der Waals surface area (Å²) >= 11 is 0. The van der Waals surface area contributed by atoms with Crippen molar-refractivity contribution >= 4 is 0 Å². The zero-order chi connectivity index (χ0) is 8.23. The largest absolute Gasteiger partial charge is 0.379 e. The van der Waals surface area contributed by atoms with Crippen LogP contribution in [-0.4, -0.2) is 50.3 Å². The van der Waals surface area contributed by atoms with Crippen molar-refractivity contribution in [2.75, 3.05) is 39.4 Å². The molecule has 0 spiro atoms. The van der Waals surface area contributed by atoms with Gasteiger partial charge in [-0.3, -0.25) is 4.90 Å². The second-order valence-corrected chi connectivity index (χ2v) is 3.62. The van der Waals surface area contributed by atoms with Gasteiger partial charge in [-0.1, -0.05) is 0 Å². The molecule has 1 radical (unpaired) electrons. The van der Waals surface area contributed by atoms with E-state index in [1.165, 1.54) is 19.4 Å². The Balaban J connectivity index is 1.69. The molecule has 12 heavy (non-hydrogen) atoms. The molecule has 1 atom stereocenters. The third-order valence-corrected chi connectivity index (χ3v) is 2.66. The summed E-state index contributed by atoms with van der Waals surface area (Å²) in [5.41, 5.74) is 0. The quantitative estimate of drug-likeness (QED) is 0.585. The summed E-state index contributed by atoms with van der Waals surface area (Å²) in [5, 5.41) is 4.55. The fourth-order valence-corrected chi connectivity index (χ4v) is 1.92. The molecule has 0 aliphatic carbocycles. The summed E-state index contributed by atoms with van der Waals surface area (Å²) in [6.45, 7) is 6.29. The van der Waals surface area contributed by atoms with E-state index < -0.39 is 0 Å². The fourth-order valence-electron chi connectivity index (χ4n) is 1.92. The average Bonchev–Trinajstić information content (AvgIpc) is 2.59. The first-order valence-electron chi connectivity index (χ1n) is 4.92. The van der Waals surface area contributed by atoms with E-state index in [9.17, 15) is 0 Å². The summed E-state index contributed by atoms with van der Waals surface area (Å²) in [5.74, 6) is 0. The Morgan fingerprint density at radius 1 is 1.33 bits per heavy atom. The van der Waals surface area contributed by atoms with E-state index in [1.807, 2.05) is 0 Å². The van der Waals surface area contributed by atoms with Crippen molar-refractivity contribution in [3.05, 3.63) is 0 Å². The van der Waals surface area contributed by atoms with E-state index in [4.69, 9.17) is 4.74 Å². The van der Waals surface area contributed by atoms with Gasteiger partial charge in [0.2, 0.25) is 0 Å². The highest BCUT2D eigenvalue weighted by molar-refractivity contribution is 4.78. The van der Waals surface area contributed by atoms with E-state index in [-0.39, 0.29) is 0 Å². The summed E-state index contributed by atoms with van der Waals surface area (Å²) in [6, 6.07) is 0.628. The van der Waals surface area contributed by atoms with Gasteiger partial charge in [-0.2, -0.15) is 0 Å². The lowest BCUT2D eigenvalue weighted by Gasteiger charge is -2.28. The van der Waals surface area contributed by atoms with Gasteiger partial charge in [-0.05, 0) is 12.8 Å². The number of hydrogen-bond acceptors (Lipinski definition) is 2. The van der Waals surface area contributed by atoms with E-state index in [1.54, 1.807) is 0 Å². The van der Waals surface area contributed by atoms with Gasteiger partial charge in [0.15, 0.2) is 0 Å². The molecule has 0 N–H and O–H groups in total. The normalized spacial score (nSPS) is 32.5. The van der Waals surface area contributed by atoms with E-state index in [0.717, 1.165) is 32.8 Å². The van der Waals surface area contributed by atoms with Crippen LogP contribution in [0.1, 0.15) is 12.8 Å². The number of rotatable bonds is 2. The van der Waals surface area contributed by atoms with Crippen molar-refractivity contribution in [2.45, 2.75) is 18.9 Å². The molecule has 0 saturated carbocycles. The van der Waals surface area contributed by atoms with E-state index >= 15 is 0 Å². The molecule has 0 bridgehead atoms. The third kappa shape index (κ3) is 2.19. The molecule has 2 saturated heterocycles. The lowest BCUT2D eigenvalue weighted by Crippen LogP contribution is -2.42. The second kappa shape index (κ2) is 4.21. The van der Waals surface area contributed by atoms with Gasteiger partial charge in [-0.15, -0.1) is 0 Å². The Hall–Kier alpha value is -0.120. The van der Waals surface area contributed by atoms with Crippen LogP contribution < -0.4 is 5.32 Å². The standard InChI is InChI=1S/C9H17N2O/c1-2-9(10-3-1)8-11-4-6-12-7-5-11/h9H,1-8H2. The molecule has 0 aromatic rings. The van der Waals surface area contributed by atoms with Crippen molar-refractivity contribution in [3.8, 4) is 0 Å². The van der Waals surface area contributed by atoms with E-state index in [0.29, 0.717) is 6.04 Å².